The maximum atomic E-state index is 13.8. The van der Waals surface area contributed by atoms with Crippen LogP contribution in [0.3, 0.4) is 0 Å². The van der Waals surface area contributed by atoms with E-state index < -0.39 is 5.82 Å². The van der Waals surface area contributed by atoms with Crippen LogP contribution in [-0.4, -0.2) is 4.99 Å². The second-order valence-corrected chi connectivity index (χ2v) is 4.80. The lowest BCUT2D eigenvalue weighted by molar-refractivity contribution is 0.442. The molecule has 0 amide bonds. The third-order valence-corrected chi connectivity index (χ3v) is 3.16. The van der Waals surface area contributed by atoms with Gasteiger partial charge in [-0.05, 0) is 55.3 Å². The normalized spacial score (nSPS) is 10.3. The molecule has 0 atom stereocenters. The average molecular weight is 275 g/mol. The molecule has 0 aliphatic carbocycles. The first-order valence-electron chi connectivity index (χ1n) is 5.82. The van der Waals surface area contributed by atoms with Gasteiger partial charge in [0.15, 0.2) is 11.6 Å². The van der Waals surface area contributed by atoms with Crippen LogP contribution in [0.5, 0.6) is 11.5 Å². The molecule has 0 aliphatic heterocycles. The first-order chi connectivity index (χ1) is 8.97. The van der Waals surface area contributed by atoms with E-state index in [4.69, 9.17) is 22.7 Å². The molecule has 0 saturated carbocycles. The van der Waals surface area contributed by atoms with Gasteiger partial charge in [0.1, 0.15) is 10.7 Å². The van der Waals surface area contributed by atoms with Crippen molar-refractivity contribution in [2.45, 2.75) is 13.8 Å². The van der Waals surface area contributed by atoms with Gasteiger partial charge in [0, 0.05) is 5.56 Å². The molecule has 0 saturated heterocycles. The maximum Gasteiger partial charge on any atom is 0.166 e. The highest BCUT2D eigenvalue weighted by Gasteiger charge is 2.08. The van der Waals surface area contributed by atoms with E-state index in [2.05, 4.69) is 0 Å². The number of benzene rings is 2. The Morgan fingerprint density at radius 3 is 2.42 bits per heavy atom. The van der Waals surface area contributed by atoms with E-state index in [9.17, 15) is 4.39 Å². The van der Waals surface area contributed by atoms with Crippen LogP contribution in [0.15, 0.2) is 36.4 Å². The molecule has 2 rings (SSSR count). The lowest BCUT2D eigenvalue weighted by Crippen LogP contribution is -2.09. The highest BCUT2D eigenvalue weighted by atomic mass is 32.1. The number of thiocarbonyl (C=S) groups is 1. The minimum absolute atomic E-state index is 0.156. The molecule has 2 nitrogen and oxygen atoms in total. The van der Waals surface area contributed by atoms with Crippen LogP contribution in [0.4, 0.5) is 4.39 Å². The molecule has 0 unspecified atom stereocenters. The predicted octanol–water partition coefficient (Wildman–Crippen LogP) is 3.87. The van der Waals surface area contributed by atoms with Crippen LogP contribution < -0.4 is 10.5 Å². The predicted molar refractivity (Wildman–Crippen MR) is 78.3 cm³/mol. The molecular formula is C15H14FNOS. The van der Waals surface area contributed by atoms with Gasteiger partial charge in [-0.2, -0.15) is 0 Å². The van der Waals surface area contributed by atoms with E-state index in [0.717, 1.165) is 11.1 Å². The van der Waals surface area contributed by atoms with Gasteiger partial charge in [-0.1, -0.05) is 18.3 Å². The van der Waals surface area contributed by atoms with Crippen molar-refractivity contribution in [2.75, 3.05) is 0 Å². The maximum absolute atomic E-state index is 13.8. The average Bonchev–Trinajstić information content (AvgIpc) is 2.36. The molecule has 19 heavy (non-hydrogen) atoms. The zero-order valence-corrected chi connectivity index (χ0v) is 11.6. The van der Waals surface area contributed by atoms with Gasteiger partial charge in [0.2, 0.25) is 0 Å². The molecule has 0 radical (unpaired) electrons. The van der Waals surface area contributed by atoms with Crippen LogP contribution in [0.2, 0.25) is 0 Å². The molecule has 0 aliphatic rings. The summed E-state index contributed by atoms with van der Waals surface area (Å²) in [4.78, 5) is 0.164. The van der Waals surface area contributed by atoms with Crippen molar-refractivity contribution in [3.63, 3.8) is 0 Å². The van der Waals surface area contributed by atoms with Gasteiger partial charge >= 0.3 is 0 Å². The molecule has 0 bridgehead atoms. The van der Waals surface area contributed by atoms with Crippen molar-refractivity contribution >= 4 is 17.2 Å². The van der Waals surface area contributed by atoms with Crippen LogP contribution in [0.25, 0.3) is 0 Å². The van der Waals surface area contributed by atoms with Crippen LogP contribution in [0, 0.1) is 19.7 Å². The molecule has 0 heterocycles. The minimum atomic E-state index is -0.483. The molecule has 2 N–H and O–H groups in total. The summed E-state index contributed by atoms with van der Waals surface area (Å²) in [6.45, 7) is 3.99. The summed E-state index contributed by atoms with van der Waals surface area (Å²) in [5.41, 5.74) is 8.19. The van der Waals surface area contributed by atoms with Crippen LogP contribution >= 0.6 is 12.2 Å². The number of halogens is 1. The van der Waals surface area contributed by atoms with Crippen molar-refractivity contribution < 1.29 is 9.13 Å². The van der Waals surface area contributed by atoms with Crippen molar-refractivity contribution in [3.8, 4) is 11.5 Å². The van der Waals surface area contributed by atoms with Crippen molar-refractivity contribution in [1.29, 1.82) is 0 Å². The monoisotopic (exact) mass is 275 g/mol. The highest BCUT2D eigenvalue weighted by molar-refractivity contribution is 7.80. The van der Waals surface area contributed by atoms with E-state index in [1.54, 1.807) is 6.07 Å². The van der Waals surface area contributed by atoms with Gasteiger partial charge < -0.3 is 10.5 Å². The van der Waals surface area contributed by atoms with Gasteiger partial charge in [0.25, 0.3) is 0 Å². The fourth-order valence-electron chi connectivity index (χ4n) is 1.64. The number of rotatable bonds is 3. The van der Waals surface area contributed by atoms with Gasteiger partial charge in [-0.15, -0.1) is 0 Å². The van der Waals surface area contributed by atoms with E-state index in [0.29, 0.717) is 11.3 Å². The molecule has 0 fully saturated rings. The minimum Gasteiger partial charge on any atom is -0.454 e. The zero-order valence-electron chi connectivity index (χ0n) is 10.7. The van der Waals surface area contributed by atoms with Crippen LogP contribution in [-0.2, 0) is 0 Å². The largest absolute Gasteiger partial charge is 0.454 e. The number of hydrogen-bond acceptors (Lipinski definition) is 2. The number of nitrogens with two attached hydrogens (primary N) is 1. The van der Waals surface area contributed by atoms with E-state index in [-0.39, 0.29) is 10.7 Å². The van der Waals surface area contributed by atoms with E-state index in [1.165, 1.54) is 12.1 Å². The lowest BCUT2D eigenvalue weighted by Gasteiger charge is -2.09. The van der Waals surface area contributed by atoms with Gasteiger partial charge in [-0.25, -0.2) is 4.39 Å². The highest BCUT2D eigenvalue weighted by Crippen LogP contribution is 2.26. The summed E-state index contributed by atoms with van der Waals surface area (Å²) in [5, 5.41) is 0. The molecular weight excluding hydrogens is 261 g/mol. The third-order valence-electron chi connectivity index (χ3n) is 2.92. The summed E-state index contributed by atoms with van der Waals surface area (Å²) in [7, 11) is 0. The molecule has 2 aromatic rings. The Morgan fingerprint density at radius 2 is 1.84 bits per heavy atom. The molecule has 2 aromatic carbocycles. The molecule has 0 spiro atoms. The molecule has 0 aromatic heterocycles. The lowest BCUT2D eigenvalue weighted by atomic mass is 10.1. The van der Waals surface area contributed by atoms with Crippen molar-refractivity contribution in [3.05, 3.63) is 58.9 Å². The molecule has 98 valence electrons. The SMILES string of the molecule is Cc1ccc(Oc2ccc(C(N)=S)cc2F)cc1C. The summed E-state index contributed by atoms with van der Waals surface area (Å²) in [6.07, 6.45) is 0. The van der Waals surface area contributed by atoms with E-state index in [1.807, 2.05) is 32.0 Å². The Balaban J connectivity index is 2.28. The third kappa shape index (κ3) is 3.09. The quantitative estimate of drug-likeness (QED) is 0.864. The van der Waals surface area contributed by atoms with Crippen LogP contribution in [0.1, 0.15) is 16.7 Å². The first-order valence-corrected chi connectivity index (χ1v) is 6.22. The van der Waals surface area contributed by atoms with Gasteiger partial charge in [0.05, 0.1) is 0 Å². The fraction of sp³-hybridized carbons (Fsp3) is 0.133. The Kier molecular flexibility index (Phi) is 3.81. The van der Waals surface area contributed by atoms with Gasteiger partial charge in [-0.3, -0.25) is 0 Å². The summed E-state index contributed by atoms with van der Waals surface area (Å²) >= 11 is 4.80. The molecule has 4 heteroatoms. The second-order valence-electron chi connectivity index (χ2n) is 4.36. The Labute approximate surface area is 117 Å². The topological polar surface area (TPSA) is 35.2 Å². The van der Waals surface area contributed by atoms with Crippen molar-refractivity contribution in [2.24, 2.45) is 5.73 Å². The zero-order chi connectivity index (χ0) is 14.0. The smallest absolute Gasteiger partial charge is 0.166 e. The summed E-state index contributed by atoms with van der Waals surface area (Å²) in [5.74, 6) is 0.275. The standard InChI is InChI=1S/C15H14FNOS/c1-9-3-5-12(7-10(9)2)18-14-6-4-11(15(17)19)8-13(14)16/h3-8H,1-2H3,(H2,17,19). The number of hydrogen-bond donors (Lipinski definition) is 1. The number of aryl methyl sites for hydroxylation is 2. The summed E-state index contributed by atoms with van der Waals surface area (Å²) in [6, 6.07) is 10.1. The summed E-state index contributed by atoms with van der Waals surface area (Å²) < 4.78 is 19.4. The van der Waals surface area contributed by atoms with E-state index >= 15 is 0 Å². The second kappa shape index (κ2) is 5.36. The van der Waals surface area contributed by atoms with Crippen molar-refractivity contribution in [1.82, 2.24) is 0 Å². The number of ether oxygens (including phenoxy) is 1. The first kappa shape index (κ1) is 13.5. The Hall–Kier alpha value is -1.94. The Bertz CT molecular complexity index is 640. The fourth-order valence-corrected chi connectivity index (χ4v) is 1.77. The Morgan fingerprint density at radius 1 is 1.11 bits per heavy atom.